The first-order valence-electron chi connectivity index (χ1n) is 11.8. The van der Waals surface area contributed by atoms with E-state index in [2.05, 4.69) is 10.6 Å². The van der Waals surface area contributed by atoms with Gasteiger partial charge in [0.2, 0.25) is 0 Å². The van der Waals surface area contributed by atoms with Crippen molar-refractivity contribution in [3.63, 3.8) is 0 Å². The van der Waals surface area contributed by atoms with Crippen LogP contribution in [0.3, 0.4) is 0 Å². The Bertz CT molecular complexity index is 978. The number of rotatable bonds is 16. The number of imide groups is 1. The van der Waals surface area contributed by atoms with Gasteiger partial charge < -0.3 is 16.4 Å². The van der Waals surface area contributed by atoms with E-state index < -0.39 is 33.0 Å². The van der Waals surface area contributed by atoms with Crippen molar-refractivity contribution < 1.29 is 19.4 Å². The molecular formula is C24H32N6O6. The van der Waals surface area contributed by atoms with Crippen molar-refractivity contribution in [1.82, 2.24) is 15.5 Å². The largest absolute Gasteiger partial charge is 0.330 e. The minimum absolute atomic E-state index is 0.0661. The maximum atomic E-state index is 13.3. The van der Waals surface area contributed by atoms with Crippen LogP contribution in [0.1, 0.15) is 46.4 Å². The fraction of sp³-hybridized carbons (Fsp3) is 0.417. The Labute approximate surface area is 209 Å². The first-order chi connectivity index (χ1) is 17.4. The number of nitrogens with zero attached hydrogens (tertiary/aromatic N) is 3. The molecule has 0 saturated heterocycles. The summed E-state index contributed by atoms with van der Waals surface area (Å²) in [6, 6.07) is 10.6. The molecule has 0 atom stereocenters. The number of benzene rings is 2. The Hall–Kier alpha value is -3.74. The molecule has 0 aliphatic heterocycles. The van der Waals surface area contributed by atoms with E-state index in [1.807, 2.05) is 0 Å². The van der Waals surface area contributed by atoms with Crippen molar-refractivity contribution >= 4 is 23.2 Å². The number of amides is 2. The quantitative estimate of drug-likeness (QED) is 0.135. The van der Waals surface area contributed by atoms with E-state index in [-0.39, 0.29) is 17.7 Å². The summed E-state index contributed by atoms with van der Waals surface area (Å²) < 4.78 is 0. The van der Waals surface area contributed by atoms with Crippen LogP contribution in [-0.4, -0.2) is 65.8 Å². The summed E-state index contributed by atoms with van der Waals surface area (Å²) >= 11 is 0. The molecule has 12 nitrogen and oxygen atoms in total. The SMILES string of the molecule is NCCCNCCCCNCCCN(C(=O)c1ccccc1[N+](=O)[O-])C(=O)c1ccccc1[N+](=O)[O-]. The lowest BCUT2D eigenvalue weighted by Gasteiger charge is -2.21. The maximum absolute atomic E-state index is 13.3. The number of nitro groups is 2. The zero-order chi connectivity index (χ0) is 26.3. The minimum Gasteiger partial charge on any atom is -0.330 e. The molecule has 2 rings (SSSR count). The number of para-hydroxylation sites is 2. The average Bonchev–Trinajstić information content (AvgIpc) is 2.88. The number of unbranched alkanes of at least 4 members (excludes halogenated alkanes) is 1. The van der Waals surface area contributed by atoms with Crippen LogP contribution < -0.4 is 16.4 Å². The van der Waals surface area contributed by atoms with Crippen LogP contribution in [0.25, 0.3) is 0 Å². The Morgan fingerprint density at radius 3 is 1.58 bits per heavy atom. The fourth-order valence-electron chi connectivity index (χ4n) is 3.55. The Kier molecular flexibility index (Phi) is 12.1. The third kappa shape index (κ3) is 8.48. The van der Waals surface area contributed by atoms with Gasteiger partial charge >= 0.3 is 0 Å². The van der Waals surface area contributed by atoms with Crippen LogP contribution in [0.2, 0.25) is 0 Å². The lowest BCUT2D eigenvalue weighted by Crippen LogP contribution is -2.39. The van der Waals surface area contributed by atoms with E-state index in [0.717, 1.165) is 43.8 Å². The van der Waals surface area contributed by atoms with E-state index >= 15 is 0 Å². The van der Waals surface area contributed by atoms with Crippen LogP contribution in [0, 0.1) is 20.2 Å². The first kappa shape index (κ1) is 28.5. The van der Waals surface area contributed by atoms with Gasteiger partial charge in [0.15, 0.2) is 0 Å². The van der Waals surface area contributed by atoms with Crippen LogP contribution in [-0.2, 0) is 0 Å². The highest BCUT2D eigenvalue weighted by Gasteiger charge is 2.32. The predicted octanol–water partition coefficient (Wildman–Crippen LogP) is 2.48. The average molecular weight is 501 g/mol. The second kappa shape index (κ2) is 15.3. The van der Waals surface area contributed by atoms with Crippen LogP contribution in [0.4, 0.5) is 11.4 Å². The molecule has 0 heterocycles. The van der Waals surface area contributed by atoms with Gasteiger partial charge in [-0.25, -0.2) is 0 Å². The van der Waals surface area contributed by atoms with Crippen molar-refractivity contribution in [2.45, 2.75) is 25.7 Å². The number of carbonyl (C=O) groups is 2. The van der Waals surface area contributed by atoms with E-state index in [1.54, 1.807) is 0 Å². The smallest absolute Gasteiger partial charge is 0.282 e. The number of nitrogens with two attached hydrogens (primary N) is 1. The maximum Gasteiger partial charge on any atom is 0.282 e. The molecule has 2 aromatic rings. The topological polar surface area (TPSA) is 174 Å². The molecular weight excluding hydrogens is 468 g/mol. The molecule has 2 amide bonds. The van der Waals surface area contributed by atoms with Crippen LogP contribution >= 0.6 is 0 Å². The van der Waals surface area contributed by atoms with Crippen molar-refractivity contribution in [1.29, 1.82) is 0 Å². The molecule has 0 bridgehead atoms. The molecule has 12 heteroatoms. The summed E-state index contributed by atoms with van der Waals surface area (Å²) in [5, 5.41) is 29.4. The van der Waals surface area contributed by atoms with E-state index in [4.69, 9.17) is 5.73 Å². The van der Waals surface area contributed by atoms with Gasteiger partial charge in [0.25, 0.3) is 23.2 Å². The number of hydrogen-bond acceptors (Lipinski definition) is 9. The monoisotopic (exact) mass is 500 g/mol. The lowest BCUT2D eigenvalue weighted by atomic mass is 10.1. The van der Waals surface area contributed by atoms with Gasteiger partial charge in [-0.15, -0.1) is 0 Å². The molecule has 2 aromatic carbocycles. The van der Waals surface area contributed by atoms with Gasteiger partial charge in [0.05, 0.1) is 9.85 Å². The van der Waals surface area contributed by atoms with Crippen LogP contribution in [0.5, 0.6) is 0 Å². The van der Waals surface area contributed by atoms with E-state index in [9.17, 15) is 29.8 Å². The molecule has 36 heavy (non-hydrogen) atoms. The predicted molar refractivity (Wildman–Crippen MR) is 135 cm³/mol. The fourth-order valence-corrected chi connectivity index (χ4v) is 3.55. The highest BCUT2D eigenvalue weighted by molar-refractivity contribution is 6.13. The minimum atomic E-state index is -0.881. The molecule has 0 unspecified atom stereocenters. The normalized spacial score (nSPS) is 10.7. The zero-order valence-electron chi connectivity index (χ0n) is 20.1. The first-order valence-corrected chi connectivity index (χ1v) is 11.8. The third-order valence-corrected chi connectivity index (χ3v) is 5.40. The second-order valence-corrected chi connectivity index (χ2v) is 8.01. The Morgan fingerprint density at radius 2 is 1.14 bits per heavy atom. The molecule has 0 spiro atoms. The number of nitro benzene ring substituents is 2. The summed E-state index contributed by atoms with van der Waals surface area (Å²) in [4.78, 5) is 48.9. The third-order valence-electron chi connectivity index (χ3n) is 5.40. The summed E-state index contributed by atoms with van der Waals surface area (Å²) in [5.74, 6) is -1.76. The van der Waals surface area contributed by atoms with Gasteiger partial charge in [-0.3, -0.25) is 34.7 Å². The highest BCUT2D eigenvalue weighted by Crippen LogP contribution is 2.24. The van der Waals surface area contributed by atoms with Crippen LogP contribution in [0.15, 0.2) is 48.5 Å². The molecule has 4 N–H and O–H groups in total. The lowest BCUT2D eigenvalue weighted by molar-refractivity contribution is -0.385. The van der Waals surface area contributed by atoms with Gasteiger partial charge in [0.1, 0.15) is 11.1 Å². The van der Waals surface area contributed by atoms with Crippen molar-refractivity contribution in [3.05, 3.63) is 79.9 Å². The van der Waals surface area contributed by atoms with E-state index in [1.165, 1.54) is 48.5 Å². The molecule has 0 saturated carbocycles. The van der Waals surface area contributed by atoms with Gasteiger partial charge in [-0.2, -0.15) is 0 Å². The van der Waals surface area contributed by atoms with Crippen molar-refractivity contribution in [3.8, 4) is 0 Å². The standard InChI is InChI=1S/C24H32N6O6/c25-13-7-16-26-14-5-6-15-27-17-8-18-28(23(31)19-9-1-3-11-21(19)29(33)34)24(32)20-10-2-4-12-22(20)30(35)36/h1-4,9-12,26-27H,5-8,13-18,25H2. The number of hydrogen-bond donors (Lipinski definition) is 3. The molecule has 194 valence electrons. The molecule has 0 aliphatic rings. The second-order valence-electron chi connectivity index (χ2n) is 8.01. The highest BCUT2D eigenvalue weighted by atomic mass is 16.6. The summed E-state index contributed by atoms with van der Waals surface area (Å²) in [5.41, 5.74) is 4.04. The van der Waals surface area contributed by atoms with Gasteiger partial charge in [0, 0.05) is 18.7 Å². The molecule has 0 aromatic heterocycles. The Balaban J connectivity index is 2.07. The zero-order valence-corrected chi connectivity index (χ0v) is 20.1. The van der Waals surface area contributed by atoms with Gasteiger partial charge in [-0.1, -0.05) is 24.3 Å². The Morgan fingerprint density at radius 1 is 0.722 bits per heavy atom. The number of nitrogens with one attached hydrogen (secondary N) is 2. The van der Waals surface area contributed by atoms with Crippen molar-refractivity contribution in [2.75, 3.05) is 39.3 Å². The molecule has 0 radical (unpaired) electrons. The molecule has 0 aliphatic carbocycles. The number of carbonyl (C=O) groups excluding carboxylic acids is 2. The summed E-state index contributed by atoms with van der Waals surface area (Å²) in [7, 11) is 0. The summed E-state index contributed by atoms with van der Waals surface area (Å²) in [6.45, 7) is 3.61. The van der Waals surface area contributed by atoms with E-state index in [0.29, 0.717) is 19.5 Å². The van der Waals surface area contributed by atoms with Crippen molar-refractivity contribution in [2.24, 2.45) is 5.73 Å². The van der Waals surface area contributed by atoms with Gasteiger partial charge in [-0.05, 0) is 70.5 Å². The molecule has 0 fully saturated rings. The summed E-state index contributed by atoms with van der Waals surface area (Å²) in [6.07, 6.45) is 3.22.